The Morgan fingerprint density at radius 3 is 2.59 bits per heavy atom. The Labute approximate surface area is 105 Å². The molecule has 1 nitrogen and oxygen atoms in total. The molecule has 0 saturated heterocycles. The van der Waals surface area contributed by atoms with Gasteiger partial charge in [-0.1, -0.05) is 49.7 Å². The Kier molecular flexibility index (Phi) is 4.70. The third-order valence-electron chi connectivity index (χ3n) is 2.64. The first kappa shape index (κ1) is 12.3. The molecule has 1 atom stereocenters. The van der Waals surface area contributed by atoms with E-state index in [1.807, 2.05) is 0 Å². The van der Waals surface area contributed by atoms with Crippen LogP contribution in [-0.2, 0) is 6.42 Å². The second-order valence-corrected chi connectivity index (χ2v) is 5.45. The third kappa shape index (κ3) is 3.94. The van der Waals surface area contributed by atoms with Crippen LogP contribution in [0.15, 0.2) is 48.5 Å². The molecular formula is C15H18NP. The molecule has 88 valence electrons. The smallest absolute Gasteiger partial charge is 0.0648 e. The van der Waals surface area contributed by atoms with Crippen LogP contribution in [0.5, 0.6) is 0 Å². The van der Waals surface area contributed by atoms with E-state index in [0.717, 1.165) is 6.42 Å². The number of aromatic nitrogens is 1. The van der Waals surface area contributed by atoms with E-state index in [9.17, 15) is 0 Å². The van der Waals surface area contributed by atoms with E-state index in [1.165, 1.54) is 29.3 Å². The van der Waals surface area contributed by atoms with Crippen molar-refractivity contribution in [2.75, 3.05) is 0 Å². The number of benzene rings is 1. The van der Waals surface area contributed by atoms with E-state index < -0.39 is 0 Å². The van der Waals surface area contributed by atoms with E-state index in [0.29, 0.717) is 8.58 Å². The van der Waals surface area contributed by atoms with E-state index in [2.05, 4.69) is 55.5 Å². The third-order valence-corrected chi connectivity index (χ3v) is 3.80. The molecule has 0 aliphatic carbocycles. The van der Waals surface area contributed by atoms with Crippen LogP contribution in [-0.4, -0.2) is 4.98 Å². The van der Waals surface area contributed by atoms with Crippen LogP contribution in [0.2, 0.25) is 0 Å². The van der Waals surface area contributed by atoms with Crippen LogP contribution in [0.3, 0.4) is 0 Å². The standard InChI is InChI=1S/C15H18NP/c1-2-3-8-13-9-7-12-15(16-13)17-14-10-5-4-6-11-14/h4-7,9-12,17H,2-3,8H2,1H3. The number of hydrogen-bond donors (Lipinski definition) is 0. The lowest BCUT2D eigenvalue weighted by Gasteiger charge is -2.04. The molecule has 2 aromatic rings. The summed E-state index contributed by atoms with van der Waals surface area (Å²) >= 11 is 0. The van der Waals surface area contributed by atoms with E-state index in [-0.39, 0.29) is 0 Å². The maximum atomic E-state index is 4.72. The van der Waals surface area contributed by atoms with E-state index >= 15 is 0 Å². The monoisotopic (exact) mass is 243 g/mol. The van der Waals surface area contributed by atoms with Crippen molar-refractivity contribution in [1.82, 2.24) is 4.98 Å². The second kappa shape index (κ2) is 6.51. The fourth-order valence-electron chi connectivity index (χ4n) is 1.72. The molecular weight excluding hydrogens is 225 g/mol. The Morgan fingerprint density at radius 1 is 1.00 bits per heavy atom. The zero-order valence-electron chi connectivity index (χ0n) is 10.2. The molecule has 1 aromatic heterocycles. The van der Waals surface area contributed by atoms with Gasteiger partial charge in [-0.25, -0.2) is 0 Å². The molecule has 0 N–H and O–H groups in total. The summed E-state index contributed by atoms with van der Waals surface area (Å²) in [6.07, 6.45) is 3.56. The normalized spacial score (nSPS) is 11.1. The number of nitrogens with zero attached hydrogens (tertiary/aromatic N) is 1. The molecule has 0 amide bonds. The molecule has 2 rings (SSSR count). The topological polar surface area (TPSA) is 12.9 Å². The summed E-state index contributed by atoms with van der Waals surface area (Å²) in [7, 11) is 0.667. The van der Waals surface area contributed by atoms with Gasteiger partial charge in [0.15, 0.2) is 0 Å². The largest absolute Gasteiger partial charge is 0.253 e. The summed E-state index contributed by atoms with van der Waals surface area (Å²) in [5.74, 6) is 0. The van der Waals surface area contributed by atoms with Crippen LogP contribution in [0.25, 0.3) is 0 Å². The van der Waals surface area contributed by atoms with Gasteiger partial charge in [0.05, 0.1) is 5.44 Å². The van der Waals surface area contributed by atoms with Crippen molar-refractivity contribution in [3.63, 3.8) is 0 Å². The highest BCUT2D eigenvalue weighted by Gasteiger charge is 1.99. The predicted octanol–water partition coefficient (Wildman–Crippen LogP) is 3.05. The van der Waals surface area contributed by atoms with Crippen molar-refractivity contribution in [2.24, 2.45) is 0 Å². The lowest BCUT2D eigenvalue weighted by atomic mass is 10.2. The highest BCUT2D eigenvalue weighted by molar-refractivity contribution is 7.55. The summed E-state index contributed by atoms with van der Waals surface area (Å²) in [6, 6.07) is 16.9. The number of unbranched alkanes of at least 4 members (excludes halogenated alkanes) is 1. The number of aryl methyl sites for hydroxylation is 1. The number of hydrogen-bond acceptors (Lipinski definition) is 1. The minimum absolute atomic E-state index is 0.667. The Hall–Kier alpha value is -1.20. The fourth-order valence-corrected chi connectivity index (χ4v) is 2.75. The van der Waals surface area contributed by atoms with Crippen LogP contribution in [0, 0.1) is 0 Å². The van der Waals surface area contributed by atoms with Crippen molar-refractivity contribution in [2.45, 2.75) is 26.2 Å². The maximum Gasteiger partial charge on any atom is 0.0648 e. The van der Waals surface area contributed by atoms with Gasteiger partial charge in [-0.2, -0.15) is 0 Å². The predicted molar refractivity (Wildman–Crippen MR) is 76.9 cm³/mol. The lowest BCUT2D eigenvalue weighted by Crippen LogP contribution is -2.09. The summed E-state index contributed by atoms with van der Waals surface area (Å²) in [6.45, 7) is 2.22. The van der Waals surface area contributed by atoms with Gasteiger partial charge < -0.3 is 0 Å². The average Bonchev–Trinajstić information content (AvgIpc) is 2.38. The van der Waals surface area contributed by atoms with Crippen molar-refractivity contribution in [3.05, 3.63) is 54.2 Å². The molecule has 17 heavy (non-hydrogen) atoms. The Morgan fingerprint density at radius 2 is 1.82 bits per heavy atom. The van der Waals surface area contributed by atoms with Crippen LogP contribution >= 0.6 is 8.58 Å². The van der Waals surface area contributed by atoms with Gasteiger partial charge in [0, 0.05) is 5.69 Å². The fraction of sp³-hybridized carbons (Fsp3) is 0.267. The zero-order valence-corrected chi connectivity index (χ0v) is 11.2. The SMILES string of the molecule is CCCCc1cccc(Pc2ccccc2)n1. The molecule has 0 aliphatic heterocycles. The van der Waals surface area contributed by atoms with Gasteiger partial charge in [-0.15, -0.1) is 0 Å². The zero-order chi connectivity index (χ0) is 11.9. The molecule has 2 heteroatoms. The van der Waals surface area contributed by atoms with Crippen LogP contribution in [0.4, 0.5) is 0 Å². The molecule has 0 aliphatic rings. The van der Waals surface area contributed by atoms with Gasteiger partial charge in [0.25, 0.3) is 0 Å². The molecule has 0 radical (unpaired) electrons. The molecule has 0 saturated carbocycles. The van der Waals surface area contributed by atoms with Crippen LogP contribution < -0.4 is 10.7 Å². The second-order valence-electron chi connectivity index (χ2n) is 4.11. The lowest BCUT2D eigenvalue weighted by molar-refractivity contribution is 0.779. The summed E-state index contributed by atoms with van der Waals surface area (Å²) in [5.41, 5.74) is 2.43. The molecule has 0 spiro atoms. The van der Waals surface area contributed by atoms with Gasteiger partial charge in [-0.3, -0.25) is 4.98 Å². The average molecular weight is 243 g/mol. The quantitative estimate of drug-likeness (QED) is 0.735. The first-order chi connectivity index (χ1) is 8.38. The molecule has 1 heterocycles. The highest BCUT2D eigenvalue weighted by Crippen LogP contribution is 2.09. The number of pyridine rings is 1. The summed E-state index contributed by atoms with van der Waals surface area (Å²) in [4.78, 5) is 4.72. The highest BCUT2D eigenvalue weighted by atomic mass is 31.1. The van der Waals surface area contributed by atoms with Crippen molar-refractivity contribution >= 4 is 19.3 Å². The molecule has 1 unspecified atom stereocenters. The number of rotatable bonds is 5. The molecule has 0 fully saturated rings. The van der Waals surface area contributed by atoms with Crippen LogP contribution in [0.1, 0.15) is 25.5 Å². The minimum atomic E-state index is 0.667. The summed E-state index contributed by atoms with van der Waals surface area (Å²) < 4.78 is 0. The van der Waals surface area contributed by atoms with Gasteiger partial charge in [0.1, 0.15) is 0 Å². The summed E-state index contributed by atoms with van der Waals surface area (Å²) in [5, 5.41) is 1.35. The van der Waals surface area contributed by atoms with Crippen molar-refractivity contribution < 1.29 is 0 Å². The maximum absolute atomic E-state index is 4.72. The molecule has 0 bridgehead atoms. The van der Waals surface area contributed by atoms with Crippen molar-refractivity contribution in [1.29, 1.82) is 0 Å². The van der Waals surface area contributed by atoms with E-state index in [4.69, 9.17) is 4.98 Å². The minimum Gasteiger partial charge on any atom is -0.253 e. The van der Waals surface area contributed by atoms with Crippen molar-refractivity contribution in [3.8, 4) is 0 Å². The van der Waals surface area contributed by atoms with E-state index in [1.54, 1.807) is 0 Å². The molecule has 1 aromatic carbocycles. The first-order valence-corrected chi connectivity index (χ1v) is 7.16. The van der Waals surface area contributed by atoms with Gasteiger partial charge in [0.2, 0.25) is 0 Å². The first-order valence-electron chi connectivity index (χ1n) is 6.16. The Balaban J connectivity index is 2.06. The van der Waals surface area contributed by atoms with Gasteiger partial charge >= 0.3 is 0 Å². The van der Waals surface area contributed by atoms with Gasteiger partial charge in [-0.05, 0) is 38.9 Å². The Bertz CT molecular complexity index is 453.